The Kier molecular flexibility index (Phi) is 6.29. The second-order valence-electron chi connectivity index (χ2n) is 5.75. The monoisotopic (exact) mass is 395 g/mol. The minimum Gasteiger partial charge on any atom is -0.453 e. The van der Waals surface area contributed by atoms with Gasteiger partial charge in [-0.15, -0.1) is 11.8 Å². The van der Waals surface area contributed by atoms with E-state index in [4.69, 9.17) is 9.15 Å². The number of aldehydes is 1. The van der Waals surface area contributed by atoms with E-state index in [0.29, 0.717) is 23.3 Å². The van der Waals surface area contributed by atoms with Crippen molar-refractivity contribution in [1.29, 1.82) is 0 Å². The largest absolute Gasteiger partial charge is 0.453 e. The van der Waals surface area contributed by atoms with E-state index >= 15 is 0 Å². The van der Waals surface area contributed by atoms with Crippen molar-refractivity contribution in [2.45, 2.75) is 4.90 Å². The number of thioether (sulfide) groups is 1. The van der Waals surface area contributed by atoms with Gasteiger partial charge in [0.05, 0.1) is 5.56 Å². The summed E-state index contributed by atoms with van der Waals surface area (Å²) in [6.45, 7) is -0.384. The van der Waals surface area contributed by atoms with Gasteiger partial charge in [-0.3, -0.25) is 9.59 Å². The summed E-state index contributed by atoms with van der Waals surface area (Å²) in [7, 11) is 0. The predicted octanol–water partition coefficient (Wildman–Crippen LogP) is 4.28. The van der Waals surface area contributed by atoms with E-state index in [-0.39, 0.29) is 12.4 Å². The molecule has 0 radical (unpaired) electrons. The number of benzene rings is 2. The lowest BCUT2D eigenvalue weighted by atomic mass is 10.1. The second kappa shape index (κ2) is 9.05. The van der Waals surface area contributed by atoms with Crippen LogP contribution in [0.2, 0.25) is 0 Å². The first-order valence-corrected chi connectivity index (χ1v) is 9.58. The fourth-order valence-corrected chi connectivity index (χ4v) is 2.91. The molecule has 6 nitrogen and oxygen atoms in total. The lowest BCUT2D eigenvalue weighted by Crippen LogP contribution is -2.20. The van der Waals surface area contributed by atoms with Crippen molar-refractivity contribution < 1.29 is 23.5 Å². The van der Waals surface area contributed by atoms with Crippen molar-refractivity contribution in [3.63, 3.8) is 0 Å². The Bertz CT molecular complexity index is 994. The third-order valence-electron chi connectivity index (χ3n) is 3.84. The van der Waals surface area contributed by atoms with E-state index in [0.717, 1.165) is 10.5 Å². The molecule has 0 saturated heterocycles. The Balaban J connectivity index is 1.55. The third-order valence-corrected chi connectivity index (χ3v) is 4.56. The van der Waals surface area contributed by atoms with E-state index in [9.17, 15) is 14.4 Å². The summed E-state index contributed by atoms with van der Waals surface area (Å²) in [5.41, 5.74) is 1.67. The fraction of sp³-hybridized carbons (Fsp3) is 0.0952. The molecule has 1 amide bonds. The van der Waals surface area contributed by atoms with Crippen LogP contribution in [0.4, 0.5) is 5.69 Å². The maximum absolute atomic E-state index is 12.1. The van der Waals surface area contributed by atoms with Crippen molar-refractivity contribution in [2.75, 3.05) is 18.2 Å². The van der Waals surface area contributed by atoms with Gasteiger partial charge in [0.25, 0.3) is 5.91 Å². The SMILES string of the molecule is CSc1cccc(NC(=O)COC(=O)c2ccc(-c3ccc(C=O)o3)cc2)c1. The van der Waals surface area contributed by atoms with Gasteiger partial charge in [0.15, 0.2) is 18.7 Å². The number of hydrogen-bond acceptors (Lipinski definition) is 6. The van der Waals surface area contributed by atoms with Crippen molar-refractivity contribution in [2.24, 2.45) is 0 Å². The molecule has 1 aromatic heterocycles. The number of amides is 1. The molecule has 3 aromatic rings. The van der Waals surface area contributed by atoms with Crippen LogP contribution in [0, 0.1) is 0 Å². The van der Waals surface area contributed by atoms with Crippen LogP contribution in [0.3, 0.4) is 0 Å². The summed E-state index contributed by atoms with van der Waals surface area (Å²) < 4.78 is 10.4. The number of esters is 1. The molecule has 0 aliphatic rings. The number of anilines is 1. The topological polar surface area (TPSA) is 85.6 Å². The Morgan fingerprint density at radius 1 is 1.11 bits per heavy atom. The van der Waals surface area contributed by atoms with Crippen molar-refractivity contribution in [3.8, 4) is 11.3 Å². The number of nitrogens with one attached hydrogen (secondary N) is 1. The molecule has 7 heteroatoms. The summed E-state index contributed by atoms with van der Waals surface area (Å²) in [5.74, 6) is -0.269. The smallest absolute Gasteiger partial charge is 0.338 e. The molecular formula is C21H17NO5S. The third kappa shape index (κ3) is 4.89. The number of carbonyl (C=O) groups excluding carboxylic acids is 3. The molecule has 0 aliphatic heterocycles. The van der Waals surface area contributed by atoms with Crippen molar-refractivity contribution in [3.05, 3.63) is 72.0 Å². The molecule has 28 heavy (non-hydrogen) atoms. The molecule has 1 heterocycles. The average molecular weight is 395 g/mol. The van der Waals surface area contributed by atoms with Crippen LogP contribution in [0.15, 0.2) is 70.0 Å². The van der Waals surface area contributed by atoms with Gasteiger partial charge < -0.3 is 14.5 Å². The molecule has 0 fully saturated rings. The maximum atomic E-state index is 12.1. The summed E-state index contributed by atoms with van der Waals surface area (Å²) in [6.07, 6.45) is 2.57. The quantitative estimate of drug-likeness (QED) is 0.365. The second-order valence-corrected chi connectivity index (χ2v) is 6.63. The molecule has 0 spiro atoms. The van der Waals surface area contributed by atoms with Gasteiger partial charge in [-0.2, -0.15) is 0 Å². The van der Waals surface area contributed by atoms with E-state index in [1.165, 1.54) is 0 Å². The first-order chi connectivity index (χ1) is 13.6. The molecule has 2 aromatic carbocycles. The van der Waals surface area contributed by atoms with Crippen LogP contribution in [-0.4, -0.2) is 31.0 Å². The standard InChI is InChI=1S/C21H17NO5S/c1-28-18-4-2-3-16(11-18)22-20(24)13-26-21(25)15-7-5-14(6-8-15)19-10-9-17(12-23)27-19/h2-12H,13H2,1H3,(H,22,24). The highest BCUT2D eigenvalue weighted by Gasteiger charge is 2.12. The summed E-state index contributed by atoms with van der Waals surface area (Å²) in [6, 6.07) is 17.1. The van der Waals surface area contributed by atoms with Gasteiger partial charge in [0, 0.05) is 16.1 Å². The Morgan fingerprint density at radius 2 is 1.89 bits per heavy atom. The number of ether oxygens (including phenoxy) is 1. The average Bonchev–Trinajstić information content (AvgIpc) is 3.21. The van der Waals surface area contributed by atoms with Crippen molar-refractivity contribution >= 4 is 35.6 Å². The highest BCUT2D eigenvalue weighted by molar-refractivity contribution is 7.98. The number of hydrogen-bond donors (Lipinski definition) is 1. The van der Waals surface area contributed by atoms with E-state index in [1.54, 1.807) is 54.2 Å². The molecule has 0 bridgehead atoms. The number of furan rings is 1. The van der Waals surface area contributed by atoms with Crippen molar-refractivity contribution in [1.82, 2.24) is 0 Å². The van der Waals surface area contributed by atoms with E-state index < -0.39 is 11.9 Å². The summed E-state index contributed by atoms with van der Waals surface area (Å²) in [5, 5.41) is 2.69. The highest BCUT2D eigenvalue weighted by atomic mass is 32.2. The minimum atomic E-state index is -0.604. The fourth-order valence-electron chi connectivity index (χ4n) is 2.45. The first-order valence-electron chi connectivity index (χ1n) is 8.35. The van der Waals surface area contributed by atoms with Gasteiger partial charge in [0.1, 0.15) is 5.76 Å². The number of rotatable bonds is 7. The minimum absolute atomic E-state index is 0.229. The first kappa shape index (κ1) is 19.4. The van der Waals surface area contributed by atoms with E-state index in [1.807, 2.05) is 24.5 Å². The molecule has 3 rings (SSSR count). The van der Waals surface area contributed by atoms with E-state index in [2.05, 4.69) is 5.32 Å². The molecule has 1 N–H and O–H groups in total. The highest BCUT2D eigenvalue weighted by Crippen LogP contribution is 2.22. The molecule has 0 aliphatic carbocycles. The molecule has 142 valence electrons. The van der Waals surface area contributed by atoms with Gasteiger partial charge >= 0.3 is 5.97 Å². The van der Waals surface area contributed by atoms with Gasteiger partial charge in [-0.05, 0) is 48.7 Å². The predicted molar refractivity (Wildman–Crippen MR) is 107 cm³/mol. The van der Waals surface area contributed by atoms with Gasteiger partial charge in [-0.25, -0.2) is 4.79 Å². The lowest BCUT2D eigenvalue weighted by molar-refractivity contribution is -0.119. The molecule has 0 saturated carbocycles. The van der Waals surface area contributed by atoms with Gasteiger partial charge in [0.2, 0.25) is 0 Å². The Morgan fingerprint density at radius 3 is 2.57 bits per heavy atom. The van der Waals surface area contributed by atoms with Crippen LogP contribution in [0.1, 0.15) is 20.9 Å². The lowest BCUT2D eigenvalue weighted by Gasteiger charge is -2.08. The van der Waals surface area contributed by atoms with Crippen LogP contribution in [-0.2, 0) is 9.53 Å². The zero-order valence-corrected chi connectivity index (χ0v) is 15.8. The van der Waals surface area contributed by atoms with Crippen LogP contribution in [0.5, 0.6) is 0 Å². The Labute approximate surface area is 165 Å². The maximum Gasteiger partial charge on any atom is 0.338 e. The zero-order valence-electron chi connectivity index (χ0n) is 15.0. The molecular weight excluding hydrogens is 378 g/mol. The zero-order chi connectivity index (χ0) is 19.9. The summed E-state index contributed by atoms with van der Waals surface area (Å²) in [4.78, 5) is 35.8. The molecule has 0 atom stereocenters. The normalized spacial score (nSPS) is 10.3. The van der Waals surface area contributed by atoms with Crippen LogP contribution in [0.25, 0.3) is 11.3 Å². The van der Waals surface area contributed by atoms with Gasteiger partial charge in [-0.1, -0.05) is 18.2 Å². The summed E-state index contributed by atoms with van der Waals surface area (Å²) >= 11 is 1.57. The molecule has 0 unspecified atom stereocenters. The Hall–Kier alpha value is -3.32. The number of carbonyl (C=O) groups is 3. The van der Waals surface area contributed by atoms with Crippen LogP contribution < -0.4 is 5.32 Å². The van der Waals surface area contributed by atoms with Crippen LogP contribution >= 0.6 is 11.8 Å².